The Balaban J connectivity index is 1.10. The molecule has 4 rings (SSSR count). The van der Waals surface area contributed by atoms with Crippen LogP contribution in [0.3, 0.4) is 0 Å². The maximum Gasteiger partial charge on any atom is 0.258 e. The van der Waals surface area contributed by atoms with Crippen LogP contribution in [0, 0.1) is 0 Å². The van der Waals surface area contributed by atoms with Crippen LogP contribution in [0.4, 0.5) is 0 Å². The van der Waals surface area contributed by atoms with Gasteiger partial charge < -0.3 is 10.6 Å². The quantitative estimate of drug-likeness (QED) is 0.116. The second kappa shape index (κ2) is 17.6. The van der Waals surface area contributed by atoms with Gasteiger partial charge in [0.15, 0.2) is 0 Å². The number of amides is 2. The van der Waals surface area contributed by atoms with E-state index in [0.29, 0.717) is 27.6 Å². The third-order valence-corrected chi connectivity index (χ3v) is 9.57. The van der Waals surface area contributed by atoms with Crippen LogP contribution in [-0.2, 0) is 9.59 Å². The van der Waals surface area contributed by atoms with Crippen LogP contribution in [-0.4, -0.2) is 17.6 Å². The minimum Gasteiger partial charge on any atom is -0.321 e. The Labute approximate surface area is 262 Å². The van der Waals surface area contributed by atoms with Gasteiger partial charge in [0.2, 0.25) is 0 Å². The number of rotatable bonds is 20. The van der Waals surface area contributed by atoms with Gasteiger partial charge in [0.25, 0.3) is 11.8 Å². The molecule has 2 heterocycles. The number of nitrogens with one attached hydrogen (secondary N) is 2. The number of carbonyl (C=O) groups excluding carboxylic acids is 2. The van der Waals surface area contributed by atoms with Gasteiger partial charge in [-0.25, -0.2) is 0 Å². The summed E-state index contributed by atoms with van der Waals surface area (Å²) in [5.74, 6) is 0.595. The smallest absolute Gasteiger partial charge is 0.258 e. The number of unbranched alkanes of at least 4 members (excludes halogenated alkanes) is 15. The Kier molecular flexibility index (Phi) is 13.6. The van der Waals surface area contributed by atoms with Crippen molar-refractivity contribution in [1.29, 1.82) is 0 Å². The van der Waals surface area contributed by atoms with Crippen LogP contribution in [0.1, 0.15) is 121 Å². The molecule has 2 aromatic rings. The molecule has 2 aliphatic rings. The van der Waals surface area contributed by atoms with Crippen molar-refractivity contribution < 1.29 is 9.59 Å². The van der Waals surface area contributed by atoms with Crippen LogP contribution in [0.2, 0.25) is 5.02 Å². The van der Waals surface area contributed by atoms with Crippen LogP contribution >= 0.6 is 23.4 Å². The van der Waals surface area contributed by atoms with E-state index >= 15 is 0 Å². The first-order valence-corrected chi connectivity index (χ1v) is 17.6. The highest BCUT2D eigenvalue weighted by Crippen LogP contribution is 2.37. The molecule has 6 heteroatoms. The molecular weight excluding hydrogens is 560 g/mol. The van der Waals surface area contributed by atoms with Crippen LogP contribution in [0.25, 0.3) is 11.4 Å². The van der Waals surface area contributed by atoms with Gasteiger partial charge in [-0.05, 0) is 47.6 Å². The molecule has 0 bridgehead atoms. The molecule has 0 radical (unpaired) electrons. The van der Waals surface area contributed by atoms with Crippen molar-refractivity contribution in [1.82, 2.24) is 10.6 Å². The molecule has 4 nitrogen and oxygen atoms in total. The van der Waals surface area contributed by atoms with Gasteiger partial charge in [-0.15, -0.1) is 11.8 Å². The predicted molar refractivity (Wildman–Crippen MR) is 178 cm³/mol. The predicted octanol–water partition coefficient (Wildman–Crippen LogP) is 10.1. The van der Waals surface area contributed by atoms with E-state index < -0.39 is 0 Å². The fourth-order valence-electron chi connectivity index (χ4n) is 5.79. The summed E-state index contributed by atoms with van der Waals surface area (Å²) < 4.78 is 0. The van der Waals surface area contributed by atoms with Gasteiger partial charge in [0.1, 0.15) is 0 Å². The van der Waals surface area contributed by atoms with E-state index in [1.807, 2.05) is 36.0 Å². The molecule has 0 saturated heterocycles. The first-order valence-electron chi connectivity index (χ1n) is 16.2. The molecule has 2 aliphatic heterocycles. The maximum atomic E-state index is 12.9. The van der Waals surface area contributed by atoms with Gasteiger partial charge in [-0.1, -0.05) is 139 Å². The third kappa shape index (κ3) is 9.50. The Morgan fingerprint density at radius 2 is 0.929 bits per heavy atom. The fourth-order valence-corrected chi connectivity index (χ4v) is 6.83. The number of carbonyl (C=O) groups is 2. The lowest BCUT2D eigenvalue weighted by Crippen LogP contribution is -2.21. The Bertz CT molecular complexity index is 1230. The monoisotopic (exact) mass is 606 g/mol. The van der Waals surface area contributed by atoms with Crippen molar-refractivity contribution in [3.8, 4) is 0 Å². The molecule has 2 amide bonds. The van der Waals surface area contributed by atoms with Crippen LogP contribution in [0.15, 0.2) is 64.6 Å². The highest BCUT2D eigenvalue weighted by Gasteiger charge is 2.40. The van der Waals surface area contributed by atoms with Crippen molar-refractivity contribution in [2.24, 2.45) is 0 Å². The number of halogens is 1. The fraction of sp³-hybridized carbons (Fsp3) is 0.500. The zero-order valence-corrected chi connectivity index (χ0v) is 26.8. The van der Waals surface area contributed by atoms with Crippen LogP contribution in [0.5, 0.6) is 0 Å². The summed E-state index contributed by atoms with van der Waals surface area (Å²) in [6, 6.07) is 15.3. The largest absolute Gasteiger partial charge is 0.321 e. The van der Waals surface area contributed by atoms with E-state index in [4.69, 9.17) is 11.6 Å². The van der Waals surface area contributed by atoms with Crippen molar-refractivity contribution in [3.05, 3.63) is 75.8 Å². The minimum atomic E-state index is -0.259. The molecule has 2 aromatic carbocycles. The molecule has 0 aliphatic carbocycles. The van der Waals surface area contributed by atoms with E-state index in [2.05, 4.69) is 29.7 Å². The second-order valence-corrected chi connectivity index (χ2v) is 13.2. The number of hydrogen-bond acceptors (Lipinski definition) is 3. The van der Waals surface area contributed by atoms with E-state index in [0.717, 1.165) is 16.9 Å². The highest BCUT2D eigenvalue weighted by molar-refractivity contribution is 7.99. The molecule has 0 aromatic heterocycles. The number of benzene rings is 2. The lowest BCUT2D eigenvalue weighted by atomic mass is 10.0. The minimum absolute atomic E-state index is 0.259. The van der Waals surface area contributed by atoms with Gasteiger partial charge in [0.05, 0.1) is 22.5 Å². The number of fused-ring (bicyclic) bond motifs is 1. The molecule has 0 unspecified atom stereocenters. The molecule has 42 heavy (non-hydrogen) atoms. The van der Waals surface area contributed by atoms with Gasteiger partial charge in [-0.2, -0.15) is 0 Å². The Morgan fingerprint density at radius 1 is 0.548 bits per heavy atom. The Hall–Kier alpha value is -2.50. The molecule has 0 fully saturated rings. The zero-order chi connectivity index (χ0) is 29.6. The summed E-state index contributed by atoms with van der Waals surface area (Å²) >= 11 is 7.89. The third-order valence-electron chi connectivity index (χ3n) is 8.22. The van der Waals surface area contributed by atoms with Gasteiger partial charge >= 0.3 is 0 Å². The summed E-state index contributed by atoms with van der Waals surface area (Å²) in [4.78, 5) is 26.9. The zero-order valence-electron chi connectivity index (χ0n) is 25.2. The highest BCUT2D eigenvalue weighted by atomic mass is 35.5. The second-order valence-electron chi connectivity index (χ2n) is 11.6. The topological polar surface area (TPSA) is 58.2 Å². The maximum absolute atomic E-state index is 12.9. The lowest BCUT2D eigenvalue weighted by molar-refractivity contribution is -0.117. The lowest BCUT2D eigenvalue weighted by Gasteiger charge is -2.08. The normalized spacial score (nSPS) is 14.5. The standard InChI is InChI=1S/C36H47ClN2O2S/c1-2-3-4-5-6-7-8-9-10-11-12-13-14-15-16-17-26-42-30-24-20-28(21-25-30)34-32-31(35(40)39-34)33(38-36(32)41)27-18-22-29(37)23-19-27/h18-25H,2-17,26H2,1H3,(H,38,41)(H,39,40). The average Bonchev–Trinajstić information content (AvgIpc) is 3.53. The molecule has 226 valence electrons. The Morgan fingerprint density at radius 3 is 1.36 bits per heavy atom. The SMILES string of the molecule is CCCCCCCCCCCCCCCCCCSc1ccc(C2=C3C(=O)NC(c4ccc(Cl)cc4)=C3C(=O)N2)cc1. The summed E-state index contributed by atoms with van der Waals surface area (Å²) in [6.45, 7) is 2.28. The molecule has 0 saturated carbocycles. The summed E-state index contributed by atoms with van der Waals surface area (Å²) in [5, 5.41) is 6.41. The molecule has 0 spiro atoms. The van der Waals surface area contributed by atoms with Gasteiger partial charge in [-0.3, -0.25) is 9.59 Å². The molecular formula is C36H47ClN2O2S. The van der Waals surface area contributed by atoms with Crippen molar-refractivity contribution >= 4 is 46.6 Å². The number of hydrogen-bond donors (Lipinski definition) is 2. The molecule has 0 atom stereocenters. The van der Waals surface area contributed by atoms with E-state index in [1.165, 1.54) is 108 Å². The van der Waals surface area contributed by atoms with Crippen molar-refractivity contribution in [3.63, 3.8) is 0 Å². The van der Waals surface area contributed by atoms with E-state index in [-0.39, 0.29) is 11.8 Å². The van der Waals surface area contributed by atoms with E-state index in [1.54, 1.807) is 12.1 Å². The van der Waals surface area contributed by atoms with Crippen molar-refractivity contribution in [2.75, 3.05) is 5.75 Å². The van der Waals surface area contributed by atoms with Crippen LogP contribution < -0.4 is 10.6 Å². The molecule has 2 N–H and O–H groups in total. The summed E-state index contributed by atoms with van der Waals surface area (Å²) in [5.41, 5.74) is 3.52. The summed E-state index contributed by atoms with van der Waals surface area (Å²) in [7, 11) is 0. The summed E-state index contributed by atoms with van der Waals surface area (Å²) in [6.07, 6.45) is 22.2. The average molecular weight is 607 g/mol. The van der Waals surface area contributed by atoms with Gasteiger partial charge in [0, 0.05) is 9.92 Å². The van der Waals surface area contributed by atoms with E-state index in [9.17, 15) is 9.59 Å². The van der Waals surface area contributed by atoms with Crippen molar-refractivity contribution in [2.45, 2.75) is 115 Å². The first-order chi connectivity index (χ1) is 20.6. The number of thioether (sulfide) groups is 1. The first kappa shape index (κ1) is 32.4.